The second-order valence-electron chi connectivity index (χ2n) is 8.92. The number of nitrogens with zero attached hydrogens (tertiary/aromatic N) is 5. The average molecular weight is 507 g/mol. The van der Waals surface area contributed by atoms with E-state index < -0.39 is 40.9 Å². The first-order chi connectivity index (χ1) is 16.9. The van der Waals surface area contributed by atoms with Crippen LogP contribution in [0.25, 0.3) is 11.1 Å². The van der Waals surface area contributed by atoms with E-state index in [1.54, 1.807) is 22.4 Å². The molecule has 1 saturated heterocycles. The smallest absolute Gasteiger partial charge is 0.364 e. The second kappa shape index (κ2) is 8.92. The molecule has 3 heterocycles. The van der Waals surface area contributed by atoms with Crippen LogP contribution in [0.2, 0.25) is 0 Å². The maximum atomic E-state index is 14.9. The van der Waals surface area contributed by atoms with Gasteiger partial charge in [-0.3, -0.25) is 14.6 Å². The zero-order valence-electron chi connectivity index (χ0n) is 19.5. The van der Waals surface area contributed by atoms with E-state index in [9.17, 15) is 32.0 Å². The molecule has 1 aromatic carbocycles. The van der Waals surface area contributed by atoms with Gasteiger partial charge in [-0.25, -0.2) is 8.78 Å². The van der Waals surface area contributed by atoms with Crippen molar-refractivity contribution in [1.82, 2.24) is 25.3 Å². The van der Waals surface area contributed by atoms with Crippen LogP contribution in [-0.4, -0.2) is 51.2 Å². The monoisotopic (exact) mass is 507 g/mol. The first-order valence-electron chi connectivity index (χ1n) is 10.9. The Labute approximate surface area is 202 Å². The largest absolute Gasteiger partial charge is 0.408 e. The summed E-state index contributed by atoms with van der Waals surface area (Å²) < 4.78 is 69.3. The number of nitrogens with one attached hydrogen (secondary N) is 2. The fourth-order valence-corrected chi connectivity index (χ4v) is 4.22. The summed E-state index contributed by atoms with van der Waals surface area (Å²) >= 11 is 0. The molecule has 8 nitrogen and oxygen atoms in total. The molecule has 1 aliphatic rings. The van der Waals surface area contributed by atoms with Gasteiger partial charge in [0.25, 0.3) is 5.91 Å². The van der Waals surface area contributed by atoms with E-state index in [0.717, 1.165) is 22.9 Å². The summed E-state index contributed by atoms with van der Waals surface area (Å²) in [6, 6.07) is 1.23. The van der Waals surface area contributed by atoms with Crippen LogP contribution in [0.15, 0.2) is 24.5 Å². The molecule has 1 aliphatic heterocycles. The maximum Gasteiger partial charge on any atom is 0.408 e. The van der Waals surface area contributed by atoms with Crippen LogP contribution in [-0.2, 0) is 5.54 Å². The van der Waals surface area contributed by atoms with Crippen molar-refractivity contribution in [2.24, 2.45) is 0 Å². The summed E-state index contributed by atoms with van der Waals surface area (Å²) in [6.07, 6.45) is -1.23. The van der Waals surface area contributed by atoms with Crippen LogP contribution in [0.3, 0.4) is 0 Å². The third-order valence-electron chi connectivity index (χ3n) is 6.34. The Morgan fingerprint density at radius 1 is 1.25 bits per heavy atom. The topological polar surface area (TPSA) is 103 Å². The number of alkyl halides is 3. The van der Waals surface area contributed by atoms with Crippen molar-refractivity contribution >= 4 is 11.6 Å². The molecule has 190 valence electrons. The highest BCUT2D eigenvalue weighted by Crippen LogP contribution is 2.39. The van der Waals surface area contributed by atoms with Gasteiger partial charge in [0.1, 0.15) is 23.2 Å². The number of aromatic amines is 1. The average Bonchev–Trinajstić information content (AvgIpc) is 3.36. The summed E-state index contributed by atoms with van der Waals surface area (Å²) in [7, 11) is 0. The molecule has 1 atom stereocenters. The van der Waals surface area contributed by atoms with Crippen LogP contribution in [0.5, 0.6) is 0 Å². The van der Waals surface area contributed by atoms with E-state index in [2.05, 4.69) is 21.4 Å². The SMILES string of the molecule is Cc1nn(C2(CC#N)CN(c3cc(F)c(C(=O)N[C@@H](C)C(F)(F)F)cc3F)C2)cc1-c1cn[nH]c1C. The van der Waals surface area contributed by atoms with Gasteiger partial charge in [-0.15, -0.1) is 0 Å². The van der Waals surface area contributed by atoms with Gasteiger partial charge in [0.15, 0.2) is 0 Å². The fraction of sp³-hybridized carbons (Fsp3) is 0.391. The fourth-order valence-electron chi connectivity index (χ4n) is 4.22. The molecular weight excluding hydrogens is 485 g/mol. The number of carbonyl (C=O) groups excluding carboxylic acids is 1. The lowest BCUT2D eigenvalue weighted by Crippen LogP contribution is -2.63. The van der Waals surface area contributed by atoms with Crippen LogP contribution >= 0.6 is 0 Å². The summed E-state index contributed by atoms with van der Waals surface area (Å²) in [5.74, 6) is -3.51. The third-order valence-corrected chi connectivity index (χ3v) is 6.34. The molecule has 0 bridgehead atoms. The molecule has 4 rings (SSSR count). The van der Waals surface area contributed by atoms with Crippen molar-refractivity contribution in [2.75, 3.05) is 18.0 Å². The van der Waals surface area contributed by atoms with Gasteiger partial charge in [0.2, 0.25) is 0 Å². The summed E-state index contributed by atoms with van der Waals surface area (Å²) in [6.45, 7) is 4.62. The van der Waals surface area contributed by atoms with Crippen LogP contribution < -0.4 is 10.2 Å². The number of hydrogen-bond donors (Lipinski definition) is 2. The van der Waals surface area contributed by atoms with Gasteiger partial charge in [-0.05, 0) is 26.8 Å². The Kier molecular flexibility index (Phi) is 6.24. The molecule has 2 aromatic heterocycles. The highest BCUT2D eigenvalue weighted by molar-refractivity contribution is 5.95. The molecule has 0 radical (unpaired) electrons. The Morgan fingerprint density at radius 2 is 1.94 bits per heavy atom. The van der Waals surface area contributed by atoms with Crippen molar-refractivity contribution in [3.8, 4) is 17.2 Å². The maximum absolute atomic E-state index is 14.9. The number of rotatable bonds is 6. The zero-order chi connectivity index (χ0) is 26.4. The molecule has 0 aliphatic carbocycles. The summed E-state index contributed by atoms with van der Waals surface area (Å²) in [5, 5.41) is 22.5. The highest BCUT2D eigenvalue weighted by Gasteiger charge is 2.47. The predicted octanol–water partition coefficient (Wildman–Crippen LogP) is 3.98. The van der Waals surface area contributed by atoms with Gasteiger partial charge in [0.05, 0.1) is 35.6 Å². The van der Waals surface area contributed by atoms with Crippen molar-refractivity contribution in [3.63, 3.8) is 0 Å². The lowest BCUT2D eigenvalue weighted by atomic mass is 9.86. The number of benzene rings is 1. The van der Waals surface area contributed by atoms with Crippen molar-refractivity contribution in [2.45, 2.75) is 44.9 Å². The minimum Gasteiger partial charge on any atom is -0.364 e. The number of carbonyl (C=O) groups is 1. The molecule has 2 N–H and O–H groups in total. The van der Waals surface area contributed by atoms with E-state index >= 15 is 0 Å². The quantitative estimate of drug-likeness (QED) is 0.492. The minimum absolute atomic E-state index is 0.0500. The van der Waals surface area contributed by atoms with Gasteiger partial charge >= 0.3 is 6.18 Å². The Balaban J connectivity index is 1.57. The van der Waals surface area contributed by atoms with Crippen LogP contribution in [0.1, 0.15) is 35.1 Å². The van der Waals surface area contributed by atoms with Gasteiger partial charge in [-0.1, -0.05) is 0 Å². The molecule has 0 unspecified atom stereocenters. The van der Waals surface area contributed by atoms with Crippen molar-refractivity contribution in [1.29, 1.82) is 5.26 Å². The number of aryl methyl sites for hydroxylation is 2. The van der Waals surface area contributed by atoms with E-state index in [0.29, 0.717) is 18.7 Å². The number of anilines is 1. The lowest BCUT2D eigenvalue weighted by Gasteiger charge is -2.50. The first kappa shape index (κ1) is 25.2. The molecule has 1 fully saturated rings. The molecule has 1 amide bonds. The van der Waals surface area contributed by atoms with Gasteiger partial charge in [0, 0.05) is 42.2 Å². The predicted molar refractivity (Wildman–Crippen MR) is 119 cm³/mol. The summed E-state index contributed by atoms with van der Waals surface area (Å²) in [5.41, 5.74) is 1.40. The van der Waals surface area contributed by atoms with Gasteiger partial charge in [-0.2, -0.15) is 28.6 Å². The van der Waals surface area contributed by atoms with E-state index in [4.69, 9.17) is 0 Å². The lowest BCUT2D eigenvalue weighted by molar-refractivity contribution is -0.149. The third kappa shape index (κ3) is 4.38. The Hall–Kier alpha value is -3.95. The summed E-state index contributed by atoms with van der Waals surface area (Å²) in [4.78, 5) is 13.6. The van der Waals surface area contributed by atoms with E-state index in [1.807, 2.05) is 13.8 Å². The number of amides is 1. The standard InChI is InChI=1S/C23H22F5N7O/c1-12-16(8-30-32-12)17-9-35(33-13(17)2)22(4-5-29)10-34(11-22)20-7-18(24)15(6-19(20)25)21(36)31-14(3)23(26,27)28/h6-9,14H,4,10-11H2,1-3H3,(H,30,32)(H,31,36)/t14-/m0/s1. The number of H-pyrrole nitrogens is 1. The second-order valence-corrected chi connectivity index (χ2v) is 8.92. The zero-order valence-corrected chi connectivity index (χ0v) is 19.5. The first-order valence-corrected chi connectivity index (χ1v) is 10.9. The normalized spacial score (nSPS) is 15.8. The minimum atomic E-state index is -4.73. The molecular formula is C23H22F5N7O. The van der Waals surface area contributed by atoms with Crippen LogP contribution in [0.4, 0.5) is 27.6 Å². The van der Waals surface area contributed by atoms with E-state index in [-0.39, 0.29) is 25.2 Å². The number of hydrogen-bond acceptors (Lipinski definition) is 5. The molecule has 0 saturated carbocycles. The Morgan fingerprint density at radius 3 is 2.53 bits per heavy atom. The number of halogens is 5. The van der Waals surface area contributed by atoms with E-state index in [1.165, 1.54) is 4.90 Å². The van der Waals surface area contributed by atoms with Crippen molar-refractivity contribution in [3.05, 3.63) is 53.1 Å². The molecule has 36 heavy (non-hydrogen) atoms. The highest BCUT2D eigenvalue weighted by atomic mass is 19.4. The van der Waals surface area contributed by atoms with Crippen molar-refractivity contribution < 1.29 is 26.7 Å². The van der Waals surface area contributed by atoms with Crippen LogP contribution in [0, 0.1) is 36.8 Å². The van der Waals surface area contributed by atoms with Gasteiger partial charge < -0.3 is 10.2 Å². The number of aromatic nitrogens is 4. The molecule has 13 heteroatoms. The Bertz CT molecular complexity index is 1350. The number of nitriles is 1. The molecule has 3 aromatic rings. The molecule has 0 spiro atoms.